The summed E-state index contributed by atoms with van der Waals surface area (Å²) in [5, 5.41) is 12.1. The Balaban J connectivity index is 1.96. The Morgan fingerprint density at radius 3 is 2.84 bits per heavy atom. The van der Waals surface area contributed by atoms with Crippen molar-refractivity contribution in [1.29, 1.82) is 0 Å². The Kier molecular flexibility index (Phi) is 4.72. The highest BCUT2D eigenvalue weighted by Gasteiger charge is 2.33. The van der Waals surface area contributed by atoms with E-state index in [1.54, 1.807) is 34.9 Å². The maximum Gasteiger partial charge on any atom is 0.197 e. The molecule has 134 valence electrons. The van der Waals surface area contributed by atoms with Crippen LogP contribution in [-0.4, -0.2) is 37.2 Å². The Labute approximate surface area is 160 Å². The SMILES string of the molecule is CCCSc1nnc2c3c4c(sc3nc(SC)n12)COC(C)(CC)C4. The van der Waals surface area contributed by atoms with Gasteiger partial charge in [0.05, 0.1) is 17.6 Å². The highest BCUT2D eigenvalue weighted by atomic mass is 32.2. The molecule has 5 nitrogen and oxygen atoms in total. The minimum Gasteiger partial charge on any atom is -0.369 e. The summed E-state index contributed by atoms with van der Waals surface area (Å²) in [6, 6.07) is 0. The lowest BCUT2D eigenvalue weighted by atomic mass is 9.90. The average Bonchev–Trinajstić information content (AvgIpc) is 3.19. The van der Waals surface area contributed by atoms with Gasteiger partial charge in [-0.2, -0.15) is 0 Å². The topological polar surface area (TPSA) is 52.3 Å². The molecule has 1 unspecified atom stereocenters. The predicted octanol–water partition coefficient (Wildman–Crippen LogP) is 4.80. The van der Waals surface area contributed by atoms with Crippen molar-refractivity contribution in [3.63, 3.8) is 0 Å². The number of hydrogen-bond donors (Lipinski definition) is 0. The van der Waals surface area contributed by atoms with E-state index in [-0.39, 0.29) is 5.60 Å². The molecule has 4 heterocycles. The molecule has 3 aromatic rings. The lowest BCUT2D eigenvalue weighted by molar-refractivity contribution is -0.0542. The van der Waals surface area contributed by atoms with E-state index < -0.39 is 0 Å². The summed E-state index contributed by atoms with van der Waals surface area (Å²) in [5.41, 5.74) is 2.21. The van der Waals surface area contributed by atoms with Gasteiger partial charge < -0.3 is 4.74 Å². The standard InChI is InChI=1S/C17H22N4OS3/c1-5-7-24-16-20-19-13-12-10-8-17(3,6-2)22-9-11(10)25-14(12)18-15(23-4)21(13)16/h5-9H2,1-4H3. The van der Waals surface area contributed by atoms with Crippen LogP contribution in [0.3, 0.4) is 0 Å². The minimum atomic E-state index is -0.101. The van der Waals surface area contributed by atoms with E-state index >= 15 is 0 Å². The first-order valence-corrected chi connectivity index (χ1v) is 11.6. The fraction of sp³-hybridized carbons (Fsp3) is 0.588. The van der Waals surface area contributed by atoms with Crippen molar-refractivity contribution in [1.82, 2.24) is 19.6 Å². The molecule has 25 heavy (non-hydrogen) atoms. The van der Waals surface area contributed by atoms with Crippen molar-refractivity contribution in [3.8, 4) is 0 Å². The van der Waals surface area contributed by atoms with E-state index in [2.05, 4.69) is 41.6 Å². The van der Waals surface area contributed by atoms with Gasteiger partial charge in [0.1, 0.15) is 4.83 Å². The van der Waals surface area contributed by atoms with E-state index in [9.17, 15) is 0 Å². The molecule has 1 atom stereocenters. The number of ether oxygens (including phenoxy) is 1. The van der Waals surface area contributed by atoms with Crippen molar-refractivity contribution >= 4 is 50.7 Å². The number of thioether (sulfide) groups is 2. The fourth-order valence-corrected chi connectivity index (χ4v) is 5.71. The van der Waals surface area contributed by atoms with Crippen LogP contribution in [0.5, 0.6) is 0 Å². The summed E-state index contributed by atoms with van der Waals surface area (Å²) < 4.78 is 8.27. The smallest absolute Gasteiger partial charge is 0.197 e. The number of hydrogen-bond acceptors (Lipinski definition) is 7. The van der Waals surface area contributed by atoms with Crippen LogP contribution in [-0.2, 0) is 17.8 Å². The molecule has 1 aliphatic rings. The summed E-state index contributed by atoms with van der Waals surface area (Å²) in [4.78, 5) is 7.29. The molecule has 8 heteroatoms. The third-order valence-corrected chi connectivity index (χ3v) is 7.66. The molecule has 0 aliphatic carbocycles. The lowest BCUT2D eigenvalue weighted by Crippen LogP contribution is -2.33. The molecular weight excluding hydrogens is 372 g/mol. The van der Waals surface area contributed by atoms with Crippen LogP contribution in [0.25, 0.3) is 15.9 Å². The number of fused-ring (bicyclic) bond motifs is 5. The summed E-state index contributed by atoms with van der Waals surface area (Å²) in [5.74, 6) is 1.04. The Hall–Kier alpha value is -0.830. The maximum absolute atomic E-state index is 6.13. The molecule has 1 aliphatic heterocycles. The second kappa shape index (κ2) is 6.72. The van der Waals surface area contributed by atoms with Crippen molar-refractivity contribution < 1.29 is 4.74 Å². The number of thiophene rings is 1. The zero-order valence-corrected chi connectivity index (χ0v) is 17.4. The molecule has 0 radical (unpaired) electrons. The molecular formula is C17H22N4OS3. The van der Waals surface area contributed by atoms with Gasteiger partial charge in [0, 0.05) is 17.1 Å². The maximum atomic E-state index is 6.13. The molecule has 0 saturated heterocycles. The fourth-order valence-electron chi connectivity index (χ4n) is 3.17. The van der Waals surface area contributed by atoms with Gasteiger partial charge in [-0.3, -0.25) is 0 Å². The molecule has 0 amide bonds. The molecule has 0 N–H and O–H groups in total. The van der Waals surface area contributed by atoms with Crippen LogP contribution >= 0.6 is 34.9 Å². The summed E-state index contributed by atoms with van der Waals surface area (Å²) >= 11 is 5.15. The third-order valence-electron chi connectivity index (χ3n) is 4.79. The zero-order chi connectivity index (χ0) is 17.6. The van der Waals surface area contributed by atoms with Crippen LogP contribution in [0.1, 0.15) is 44.1 Å². The van der Waals surface area contributed by atoms with Crippen LogP contribution < -0.4 is 0 Å². The van der Waals surface area contributed by atoms with Crippen LogP contribution in [0.4, 0.5) is 0 Å². The van der Waals surface area contributed by atoms with E-state index in [1.165, 1.54) is 15.8 Å². The van der Waals surface area contributed by atoms with Gasteiger partial charge in [0.15, 0.2) is 16.0 Å². The van der Waals surface area contributed by atoms with Gasteiger partial charge in [0.2, 0.25) is 0 Å². The number of nitrogens with zero attached hydrogens (tertiary/aromatic N) is 4. The first-order chi connectivity index (χ1) is 12.1. The van der Waals surface area contributed by atoms with Crippen LogP contribution in [0, 0.1) is 0 Å². The first kappa shape index (κ1) is 17.6. The Bertz CT molecular complexity index is 935. The van der Waals surface area contributed by atoms with Crippen LogP contribution in [0.2, 0.25) is 0 Å². The summed E-state index contributed by atoms with van der Waals surface area (Å²) in [6.45, 7) is 7.25. The van der Waals surface area contributed by atoms with E-state index in [0.29, 0.717) is 6.61 Å². The average molecular weight is 395 g/mol. The predicted molar refractivity (Wildman–Crippen MR) is 106 cm³/mol. The third kappa shape index (κ3) is 2.87. The van der Waals surface area contributed by atoms with E-state index in [1.807, 2.05) is 0 Å². The monoisotopic (exact) mass is 394 g/mol. The van der Waals surface area contributed by atoms with Crippen molar-refractivity contribution in [2.75, 3.05) is 12.0 Å². The summed E-state index contributed by atoms with van der Waals surface area (Å²) in [7, 11) is 0. The van der Waals surface area contributed by atoms with Gasteiger partial charge >= 0.3 is 0 Å². The normalized spacial score (nSPS) is 20.5. The van der Waals surface area contributed by atoms with Gasteiger partial charge in [-0.1, -0.05) is 37.4 Å². The Morgan fingerprint density at radius 2 is 2.12 bits per heavy atom. The molecule has 0 aromatic carbocycles. The summed E-state index contributed by atoms with van der Waals surface area (Å²) in [6.07, 6.45) is 5.09. The van der Waals surface area contributed by atoms with Crippen molar-refractivity contribution in [2.45, 2.75) is 62.6 Å². The van der Waals surface area contributed by atoms with Gasteiger partial charge in [-0.25, -0.2) is 9.38 Å². The Morgan fingerprint density at radius 1 is 1.28 bits per heavy atom. The highest BCUT2D eigenvalue weighted by Crippen LogP contribution is 2.42. The zero-order valence-electron chi connectivity index (χ0n) is 15.0. The first-order valence-electron chi connectivity index (χ1n) is 8.60. The van der Waals surface area contributed by atoms with Crippen molar-refractivity contribution in [3.05, 3.63) is 10.4 Å². The van der Waals surface area contributed by atoms with Gasteiger partial charge in [-0.15, -0.1) is 21.5 Å². The number of rotatable bonds is 5. The second-order valence-electron chi connectivity index (χ2n) is 6.54. The molecule has 0 spiro atoms. The lowest BCUT2D eigenvalue weighted by Gasteiger charge is -2.32. The van der Waals surface area contributed by atoms with Gasteiger partial charge in [-0.05, 0) is 31.6 Å². The minimum absolute atomic E-state index is 0.101. The van der Waals surface area contributed by atoms with E-state index in [0.717, 1.165) is 45.8 Å². The largest absolute Gasteiger partial charge is 0.369 e. The molecule has 0 fully saturated rings. The van der Waals surface area contributed by atoms with Crippen LogP contribution in [0.15, 0.2) is 10.3 Å². The van der Waals surface area contributed by atoms with Gasteiger partial charge in [0.25, 0.3) is 0 Å². The molecule has 0 saturated carbocycles. The molecule has 4 rings (SSSR count). The number of aromatic nitrogens is 4. The molecule has 0 bridgehead atoms. The van der Waals surface area contributed by atoms with Crippen molar-refractivity contribution in [2.24, 2.45) is 0 Å². The van der Waals surface area contributed by atoms with E-state index in [4.69, 9.17) is 9.72 Å². The second-order valence-corrected chi connectivity index (χ2v) is 9.46. The molecule has 3 aromatic heterocycles. The highest BCUT2D eigenvalue weighted by molar-refractivity contribution is 7.99. The quantitative estimate of drug-likeness (QED) is 0.457.